The Bertz CT molecular complexity index is 427. The summed E-state index contributed by atoms with van der Waals surface area (Å²) in [5, 5.41) is 12.8. The van der Waals surface area contributed by atoms with Gasteiger partial charge in [-0.15, -0.1) is 11.8 Å². The third kappa shape index (κ3) is 3.06. The van der Waals surface area contributed by atoms with Gasteiger partial charge in [-0.3, -0.25) is 4.79 Å². The van der Waals surface area contributed by atoms with E-state index in [1.807, 2.05) is 0 Å². The van der Waals surface area contributed by atoms with E-state index in [1.165, 1.54) is 0 Å². The van der Waals surface area contributed by atoms with Crippen molar-refractivity contribution in [2.45, 2.75) is 56.5 Å². The van der Waals surface area contributed by atoms with Gasteiger partial charge in [0.2, 0.25) is 5.91 Å². The van der Waals surface area contributed by atoms with Crippen molar-refractivity contribution in [3.8, 4) is 0 Å². The van der Waals surface area contributed by atoms with Crippen LogP contribution in [0.15, 0.2) is 0 Å². The number of carboxylic acid groups (broad SMARTS) is 1. The number of hydrogen-bond acceptors (Lipinski definition) is 4. The number of carbonyl (C=O) groups is 2. The topological polar surface area (TPSA) is 69.6 Å². The molecule has 0 radical (unpaired) electrons. The number of rotatable bonds is 4. The predicted octanol–water partition coefficient (Wildman–Crippen LogP) is 1.53. The molecule has 2 heterocycles. The predicted molar refractivity (Wildman–Crippen MR) is 82.0 cm³/mol. The minimum atomic E-state index is -0.859. The molecule has 1 aliphatic carbocycles. The van der Waals surface area contributed by atoms with Gasteiger partial charge in [0.1, 0.15) is 6.04 Å². The average Bonchev–Trinajstić information content (AvgIpc) is 3.24. The molecule has 2 N–H and O–H groups in total. The zero-order chi connectivity index (χ0) is 15.0. The SMILES string of the molecule is CCC1CCNC(C(=O)N2C(C(=O)O)CSC2C2CC2)C1. The first kappa shape index (κ1) is 15.2. The van der Waals surface area contributed by atoms with Crippen LogP contribution in [-0.4, -0.2) is 51.6 Å². The molecule has 4 unspecified atom stereocenters. The lowest BCUT2D eigenvalue weighted by Gasteiger charge is -2.35. The number of nitrogens with zero attached hydrogens (tertiary/aromatic N) is 1. The molecule has 3 fully saturated rings. The summed E-state index contributed by atoms with van der Waals surface area (Å²) < 4.78 is 0. The van der Waals surface area contributed by atoms with Crippen LogP contribution in [0.25, 0.3) is 0 Å². The van der Waals surface area contributed by atoms with Crippen LogP contribution < -0.4 is 5.32 Å². The third-order valence-electron chi connectivity index (χ3n) is 4.99. The van der Waals surface area contributed by atoms with Gasteiger partial charge in [0, 0.05) is 5.75 Å². The monoisotopic (exact) mass is 312 g/mol. The molecule has 21 heavy (non-hydrogen) atoms. The molecule has 1 saturated carbocycles. The van der Waals surface area contributed by atoms with E-state index < -0.39 is 12.0 Å². The Morgan fingerprint density at radius 1 is 1.33 bits per heavy atom. The van der Waals surface area contributed by atoms with Gasteiger partial charge in [-0.05, 0) is 44.1 Å². The maximum Gasteiger partial charge on any atom is 0.327 e. The van der Waals surface area contributed by atoms with Gasteiger partial charge >= 0.3 is 5.97 Å². The first-order valence-electron chi connectivity index (χ1n) is 8.01. The van der Waals surface area contributed by atoms with Gasteiger partial charge in [-0.1, -0.05) is 13.3 Å². The summed E-state index contributed by atoms with van der Waals surface area (Å²) in [6.45, 7) is 3.03. The van der Waals surface area contributed by atoms with Crippen molar-refractivity contribution in [1.29, 1.82) is 0 Å². The number of aliphatic carboxylic acids is 1. The summed E-state index contributed by atoms with van der Waals surface area (Å²) in [4.78, 5) is 26.1. The Labute approximate surface area is 129 Å². The minimum Gasteiger partial charge on any atom is -0.480 e. The van der Waals surface area contributed by atoms with Crippen molar-refractivity contribution in [3.05, 3.63) is 0 Å². The molecule has 2 saturated heterocycles. The standard InChI is InChI=1S/C15H24N2O3S/c1-2-9-5-6-16-11(7-9)13(18)17-12(15(19)20)8-21-14(17)10-3-4-10/h9-12,14,16H,2-8H2,1H3,(H,19,20). The summed E-state index contributed by atoms with van der Waals surface area (Å²) in [5.74, 6) is 0.780. The van der Waals surface area contributed by atoms with Crippen LogP contribution in [0.5, 0.6) is 0 Å². The lowest BCUT2D eigenvalue weighted by atomic mass is 9.89. The summed E-state index contributed by atoms with van der Waals surface area (Å²) >= 11 is 1.65. The van der Waals surface area contributed by atoms with Gasteiger partial charge in [0.15, 0.2) is 0 Å². The van der Waals surface area contributed by atoms with Crippen LogP contribution in [0.2, 0.25) is 0 Å². The van der Waals surface area contributed by atoms with Gasteiger partial charge in [-0.25, -0.2) is 4.79 Å². The van der Waals surface area contributed by atoms with E-state index in [0.29, 0.717) is 17.6 Å². The van der Waals surface area contributed by atoms with Gasteiger partial charge in [-0.2, -0.15) is 0 Å². The molecule has 5 nitrogen and oxygen atoms in total. The summed E-state index contributed by atoms with van der Waals surface area (Å²) in [5.41, 5.74) is 0. The Kier molecular flexibility index (Phi) is 4.45. The Hall–Kier alpha value is -0.750. The lowest BCUT2D eigenvalue weighted by Crippen LogP contribution is -2.55. The number of piperidine rings is 1. The summed E-state index contributed by atoms with van der Waals surface area (Å²) in [6, 6.07) is -0.831. The first-order valence-corrected chi connectivity index (χ1v) is 9.06. The molecule has 2 aliphatic heterocycles. The van der Waals surface area contributed by atoms with Crippen molar-refractivity contribution in [1.82, 2.24) is 10.2 Å². The summed E-state index contributed by atoms with van der Waals surface area (Å²) in [7, 11) is 0. The Balaban J connectivity index is 1.74. The van der Waals surface area contributed by atoms with Crippen molar-refractivity contribution in [2.24, 2.45) is 11.8 Å². The smallest absolute Gasteiger partial charge is 0.327 e. The molecule has 0 aromatic rings. The van der Waals surface area contributed by atoms with Gasteiger partial charge in [0.25, 0.3) is 0 Å². The van der Waals surface area contributed by atoms with Gasteiger partial charge in [0.05, 0.1) is 11.4 Å². The molecule has 0 aromatic carbocycles. The van der Waals surface area contributed by atoms with Crippen molar-refractivity contribution >= 4 is 23.6 Å². The molecule has 0 aromatic heterocycles. The Morgan fingerprint density at radius 2 is 2.10 bits per heavy atom. The van der Waals surface area contributed by atoms with E-state index in [9.17, 15) is 14.7 Å². The van der Waals surface area contributed by atoms with Crippen LogP contribution in [-0.2, 0) is 9.59 Å². The van der Waals surface area contributed by atoms with Crippen molar-refractivity contribution < 1.29 is 14.7 Å². The molecule has 1 amide bonds. The fraction of sp³-hybridized carbons (Fsp3) is 0.867. The van der Waals surface area contributed by atoms with E-state index in [-0.39, 0.29) is 17.3 Å². The molecule has 0 bridgehead atoms. The fourth-order valence-corrected chi connectivity index (χ4v) is 5.12. The molecule has 118 valence electrons. The second kappa shape index (κ2) is 6.16. The molecular formula is C15H24N2O3S. The van der Waals surface area contributed by atoms with E-state index in [4.69, 9.17) is 0 Å². The average molecular weight is 312 g/mol. The molecule has 0 spiro atoms. The molecule has 3 aliphatic rings. The Morgan fingerprint density at radius 3 is 2.71 bits per heavy atom. The largest absolute Gasteiger partial charge is 0.480 e. The highest BCUT2D eigenvalue weighted by molar-refractivity contribution is 8.00. The van der Waals surface area contributed by atoms with E-state index in [2.05, 4.69) is 12.2 Å². The maximum atomic E-state index is 12.9. The highest BCUT2D eigenvalue weighted by Gasteiger charge is 2.49. The van der Waals surface area contributed by atoms with Crippen LogP contribution in [0.3, 0.4) is 0 Å². The molecule has 3 rings (SSSR count). The lowest BCUT2D eigenvalue weighted by molar-refractivity contribution is -0.150. The maximum absolute atomic E-state index is 12.9. The van der Waals surface area contributed by atoms with Crippen LogP contribution in [0.4, 0.5) is 0 Å². The molecule has 4 atom stereocenters. The van der Waals surface area contributed by atoms with Crippen LogP contribution in [0.1, 0.15) is 39.0 Å². The number of nitrogens with one attached hydrogen (secondary N) is 1. The van der Waals surface area contributed by atoms with Crippen molar-refractivity contribution in [2.75, 3.05) is 12.3 Å². The quantitative estimate of drug-likeness (QED) is 0.824. The molecular weight excluding hydrogens is 288 g/mol. The highest BCUT2D eigenvalue weighted by atomic mass is 32.2. The van der Waals surface area contributed by atoms with E-state index in [0.717, 1.165) is 38.6 Å². The number of hydrogen-bond donors (Lipinski definition) is 2. The fourth-order valence-electron chi connectivity index (χ4n) is 3.48. The minimum absolute atomic E-state index is 0.0162. The highest BCUT2D eigenvalue weighted by Crippen LogP contribution is 2.45. The van der Waals surface area contributed by atoms with Crippen molar-refractivity contribution in [3.63, 3.8) is 0 Å². The number of amides is 1. The molecule has 6 heteroatoms. The summed E-state index contributed by atoms with van der Waals surface area (Å²) in [6.07, 6.45) is 5.31. The number of carboxylic acids is 1. The van der Waals surface area contributed by atoms with E-state index in [1.54, 1.807) is 16.7 Å². The second-order valence-corrected chi connectivity index (χ2v) is 7.62. The third-order valence-corrected chi connectivity index (χ3v) is 6.45. The second-order valence-electron chi connectivity index (χ2n) is 6.47. The number of thioether (sulfide) groups is 1. The van der Waals surface area contributed by atoms with E-state index >= 15 is 0 Å². The first-order chi connectivity index (χ1) is 10.1. The van der Waals surface area contributed by atoms with Gasteiger partial charge < -0.3 is 15.3 Å². The zero-order valence-electron chi connectivity index (χ0n) is 12.5. The normalized spacial score (nSPS) is 36.7. The van der Waals surface area contributed by atoms with Crippen LogP contribution >= 0.6 is 11.8 Å². The number of carbonyl (C=O) groups excluding carboxylic acids is 1. The zero-order valence-corrected chi connectivity index (χ0v) is 13.3. The van der Waals surface area contributed by atoms with Crippen LogP contribution in [0, 0.1) is 11.8 Å².